The van der Waals surface area contributed by atoms with E-state index < -0.39 is 0 Å². The third-order valence-corrected chi connectivity index (χ3v) is 3.09. The van der Waals surface area contributed by atoms with E-state index in [-0.39, 0.29) is 6.04 Å². The first kappa shape index (κ1) is 13.1. The van der Waals surface area contributed by atoms with E-state index in [1.165, 1.54) is 0 Å². The zero-order valence-corrected chi connectivity index (χ0v) is 11.9. The van der Waals surface area contributed by atoms with Crippen LogP contribution in [-0.4, -0.2) is 12.1 Å². The Morgan fingerprint density at radius 3 is 2.94 bits per heavy atom. The number of hydrogen-bond donors (Lipinski definition) is 1. The van der Waals surface area contributed by atoms with E-state index in [1.807, 2.05) is 31.2 Å². The summed E-state index contributed by atoms with van der Waals surface area (Å²) in [6.07, 6.45) is 1.72. The molecular formula is C13H15BrN2O2. The average Bonchev–Trinajstić information content (AvgIpc) is 2.83. The molecule has 5 heteroatoms. The van der Waals surface area contributed by atoms with Gasteiger partial charge < -0.3 is 14.5 Å². The topological polar surface area (TPSA) is 47.3 Å². The second-order valence-electron chi connectivity index (χ2n) is 3.92. The van der Waals surface area contributed by atoms with Crippen molar-refractivity contribution in [2.45, 2.75) is 19.5 Å². The van der Waals surface area contributed by atoms with Crippen molar-refractivity contribution in [2.24, 2.45) is 0 Å². The molecule has 0 saturated carbocycles. The molecule has 0 radical (unpaired) electrons. The predicted octanol–water partition coefficient (Wildman–Crippen LogP) is 3.30. The van der Waals surface area contributed by atoms with Gasteiger partial charge in [0.15, 0.2) is 4.67 Å². The standard InChI is InChI=1S/C13H15BrN2O2/c1-9(11-5-6-12(14)18-11)16-8-10-4-3-7-15-13(10)17-2/h3-7,9,16H,8H2,1-2H3. The molecule has 1 unspecified atom stereocenters. The van der Waals surface area contributed by atoms with Crippen LogP contribution in [0.25, 0.3) is 0 Å². The van der Waals surface area contributed by atoms with Gasteiger partial charge in [0.1, 0.15) is 5.76 Å². The highest BCUT2D eigenvalue weighted by Crippen LogP contribution is 2.21. The van der Waals surface area contributed by atoms with Crippen LogP contribution in [0.5, 0.6) is 5.88 Å². The number of hydrogen-bond acceptors (Lipinski definition) is 4. The van der Waals surface area contributed by atoms with E-state index in [9.17, 15) is 0 Å². The molecule has 1 N–H and O–H groups in total. The molecule has 0 saturated heterocycles. The molecule has 0 bridgehead atoms. The molecule has 2 rings (SSSR count). The average molecular weight is 311 g/mol. The van der Waals surface area contributed by atoms with Crippen molar-refractivity contribution in [1.82, 2.24) is 10.3 Å². The number of halogens is 1. The number of rotatable bonds is 5. The zero-order chi connectivity index (χ0) is 13.0. The summed E-state index contributed by atoms with van der Waals surface area (Å²) in [5.41, 5.74) is 1.03. The number of aromatic nitrogens is 1. The van der Waals surface area contributed by atoms with Gasteiger partial charge in [-0.05, 0) is 41.1 Å². The monoisotopic (exact) mass is 310 g/mol. The fraction of sp³-hybridized carbons (Fsp3) is 0.308. The molecule has 2 heterocycles. The van der Waals surface area contributed by atoms with Crippen molar-refractivity contribution in [2.75, 3.05) is 7.11 Å². The van der Waals surface area contributed by atoms with Gasteiger partial charge >= 0.3 is 0 Å². The molecule has 0 fully saturated rings. The summed E-state index contributed by atoms with van der Waals surface area (Å²) < 4.78 is 11.4. The third-order valence-electron chi connectivity index (χ3n) is 2.66. The summed E-state index contributed by atoms with van der Waals surface area (Å²) in [5, 5.41) is 3.37. The van der Waals surface area contributed by atoms with E-state index in [2.05, 4.69) is 26.2 Å². The molecule has 0 aromatic carbocycles. The number of methoxy groups -OCH3 is 1. The van der Waals surface area contributed by atoms with Gasteiger partial charge in [-0.2, -0.15) is 0 Å². The molecule has 0 amide bonds. The third kappa shape index (κ3) is 3.11. The van der Waals surface area contributed by atoms with Gasteiger partial charge in [-0.1, -0.05) is 6.07 Å². The lowest BCUT2D eigenvalue weighted by Gasteiger charge is -2.12. The maximum absolute atomic E-state index is 5.50. The number of nitrogens with one attached hydrogen (secondary N) is 1. The fourth-order valence-electron chi connectivity index (χ4n) is 1.67. The minimum Gasteiger partial charge on any atom is -0.481 e. The molecular weight excluding hydrogens is 296 g/mol. The first-order valence-electron chi connectivity index (χ1n) is 5.67. The van der Waals surface area contributed by atoms with Crippen molar-refractivity contribution < 1.29 is 9.15 Å². The van der Waals surface area contributed by atoms with Gasteiger partial charge in [-0.15, -0.1) is 0 Å². The number of ether oxygens (including phenoxy) is 1. The van der Waals surface area contributed by atoms with Crippen LogP contribution >= 0.6 is 15.9 Å². The molecule has 0 aliphatic carbocycles. The van der Waals surface area contributed by atoms with Gasteiger partial charge in [0.25, 0.3) is 0 Å². The van der Waals surface area contributed by atoms with E-state index in [4.69, 9.17) is 9.15 Å². The van der Waals surface area contributed by atoms with Gasteiger partial charge in [0.05, 0.1) is 13.2 Å². The normalized spacial score (nSPS) is 12.4. The highest BCUT2D eigenvalue weighted by atomic mass is 79.9. The quantitative estimate of drug-likeness (QED) is 0.920. The highest BCUT2D eigenvalue weighted by molar-refractivity contribution is 9.10. The lowest BCUT2D eigenvalue weighted by atomic mass is 10.2. The molecule has 4 nitrogen and oxygen atoms in total. The Morgan fingerprint density at radius 1 is 1.44 bits per heavy atom. The van der Waals surface area contributed by atoms with E-state index >= 15 is 0 Å². The molecule has 18 heavy (non-hydrogen) atoms. The Labute approximate surface area is 114 Å². The summed E-state index contributed by atoms with van der Waals surface area (Å²) >= 11 is 3.29. The summed E-state index contributed by atoms with van der Waals surface area (Å²) in [5.74, 6) is 1.54. The van der Waals surface area contributed by atoms with Gasteiger partial charge in [0.2, 0.25) is 5.88 Å². The largest absolute Gasteiger partial charge is 0.481 e. The van der Waals surface area contributed by atoms with Crippen LogP contribution in [0.3, 0.4) is 0 Å². The number of pyridine rings is 1. The first-order chi connectivity index (χ1) is 8.70. The smallest absolute Gasteiger partial charge is 0.217 e. The maximum Gasteiger partial charge on any atom is 0.217 e. The van der Waals surface area contributed by atoms with Gasteiger partial charge in [-0.25, -0.2) is 4.98 Å². The number of nitrogens with zero attached hydrogens (tertiary/aromatic N) is 1. The van der Waals surface area contributed by atoms with E-state index in [0.717, 1.165) is 16.0 Å². The second kappa shape index (κ2) is 6.02. The minimum atomic E-state index is 0.126. The lowest BCUT2D eigenvalue weighted by molar-refractivity contribution is 0.383. The van der Waals surface area contributed by atoms with Crippen LogP contribution < -0.4 is 10.1 Å². The summed E-state index contributed by atoms with van der Waals surface area (Å²) in [7, 11) is 1.62. The summed E-state index contributed by atoms with van der Waals surface area (Å²) in [6.45, 7) is 2.73. The Bertz CT molecular complexity index is 513. The van der Waals surface area contributed by atoms with Crippen molar-refractivity contribution in [1.29, 1.82) is 0 Å². The summed E-state index contributed by atoms with van der Waals surface area (Å²) in [4.78, 5) is 4.16. The summed E-state index contributed by atoms with van der Waals surface area (Å²) in [6, 6.07) is 7.85. The Balaban J connectivity index is 1.99. The van der Waals surface area contributed by atoms with Gasteiger partial charge in [-0.3, -0.25) is 0 Å². The van der Waals surface area contributed by atoms with E-state index in [1.54, 1.807) is 13.3 Å². The van der Waals surface area contributed by atoms with Crippen LogP contribution in [-0.2, 0) is 6.54 Å². The molecule has 2 aromatic rings. The lowest BCUT2D eigenvalue weighted by Crippen LogP contribution is -2.18. The molecule has 2 aromatic heterocycles. The first-order valence-corrected chi connectivity index (χ1v) is 6.46. The van der Waals surface area contributed by atoms with Crippen molar-refractivity contribution in [3.8, 4) is 5.88 Å². The van der Waals surface area contributed by atoms with Gasteiger partial charge in [0, 0.05) is 18.3 Å². The Hall–Kier alpha value is -1.33. The van der Waals surface area contributed by atoms with Crippen molar-refractivity contribution in [3.63, 3.8) is 0 Å². The molecule has 0 spiro atoms. The Morgan fingerprint density at radius 2 is 2.28 bits per heavy atom. The van der Waals surface area contributed by atoms with Crippen LogP contribution in [0, 0.1) is 0 Å². The highest BCUT2D eigenvalue weighted by Gasteiger charge is 2.10. The maximum atomic E-state index is 5.50. The van der Waals surface area contributed by atoms with Crippen LogP contribution in [0.1, 0.15) is 24.3 Å². The minimum absolute atomic E-state index is 0.126. The van der Waals surface area contributed by atoms with Crippen LogP contribution in [0.4, 0.5) is 0 Å². The van der Waals surface area contributed by atoms with Crippen molar-refractivity contribution >= 4 is 15.9 Å². The Kier molecular flexibility index (Phi) is 4.38. The predicted molar refractivity (Wildman–Crippen MR) is 72.5 cm³/mol. The molecule has 0 aliphatic heterocycles. The molecule has 0 aliphatic rings. The fourth-order valence-corrected chi connectivity index (χ4v) is 1.99. The molecule has 96 valence electrons. The number of furan rings is 1. The second-order valence-corrected chi connectivity index (χ2v) is 4.70. The zero-order valence-electron chi connectivity index (χ0n) is 10.3. The van der Waals surface area contributed by atoms with E-state index in [0.29, 0.717) is 12.4 Å². The van der Waals surface area contributed by atoms with Crippen molar-refractivity contribution in [3.05, 3.63) is 46.5 Å². The SMILES string of the molecule is COc1ncccc1CNC(C)c1ccc(Br)o1. The van der Waals surface area contributed by atoms with Crippen LogP contribution in [0.2, 0.25) is 0 Å². The molecule has 1 atom stereocenters. The van der Waals surface area contributed by atoms with Crippen LogP contribution in [0.15, 0.2) is 39.5 Å².